The van der Waals surface area contributed by atoms with Crippen LogP contribution < -0.4 is 10.1 Å². The molecule has 0 atom stereocenters. The highest BCUT2D eigenvalue weighted by Crippen LogP contribution is 2.30. The maximum absolute atomic E-state index is 13.7. The quantitative estimate of drug-likeness (QED) is 0.639. The van der Waals surface area contributed by atoms with E-state index in [0.717, 1.165) is 11.3 Å². The maximum atomic E-state index is 13.7. The fraction of sp³-hybridized carbons (Fsp3) is 0.118. The molecule has 0 bridgehead atoms. The number of thiophene rings is 1. The fourth-order valence-corrected chi connectivity index (χ4v) is 3.15. The van der Waals surface area contributed by atoms with E-state index >= 15 is 0 Å². The number of amides is 1. The van der Waals surface area contributed by atoms with Crippen LogP contribution in [0, 0.1) is 5.82 Å². The van der Waals surface area contributed by atoms with Gasteiger partial charge < -0.3 is 10.1 Å². The van der Waals surface area contributed by atoms with Crippen LogP contribution in [-0.2, 0) is 0 Å². The number of hydrogen-bond acceptors (Lipinski definition) is 3. The number of carbonyl (C=O) groups is 1. The number of alkyl halides is 3. The summed E-state index contributed by atoms with van der Waals surface area (Å²) in [6, 6.07) is 11.7. The van der Waals surface area contributed by atoms with Gasteiger partial charge in [-0.15, -0.1) is 11.3 Å². The van der Waals surface area contributed by atoms with E-state index in [1.807, 2.05) is 0 Å². The van der Waals surface area contributed by atoms with Crippen LogP contribution in [0.2, 0.25) is 0 Å². The molecule has 1 heterocycles. The number of benzene rings is 2. The van der Waals surface area contributed by atoms with Gasteiger partial charge in [-0.05, 0) is 30.3 Å². The van der Waals surface area contributed by atoms with Gasteiger partial charge >= 0.3 is 6.18 Å². The number of hydrogen-bond donors (Lipinski definition) is 1. The van der Waals surface area contributed by atoms with E-state index in [2.05, 4.69) is 5.32 Å². The van der Waals surface area contributed by atoms with Crippen LogP contribution in [0.25, 0.3) is 10.1 Å². The molecule has 130 valence electrons. The minimum atomic E-state index is -4.49. The minimum Gasteiger partial charge on any atom is -0.482 e. The highest BCUT2D eigenvalue weighted by atomic mass is 32.1. The van der Waals surface area contributed by atoms with E-state index in [4.69, 9.17) is 4.74 Å². The van der Waals surface area contributed by atoms with Crippen molar-refractivity contribution in [3.05, 3.63) is 59.2 Å². The van der Waals surface area contributed by atoms with Crippen molar-refractivity contribution in [3.8, 4) is 5.75 Å². The highest BCUT2D eigenvalue weighted by molar-refractivity contribution is 7.20. The largest absolute Gasteiger partial charge is 0.482 e. The van der Waals surface area contributed by atoms with Crippen LogP contribution >= 0.6 is 11.3 Å². The zero-order valence-electron chi connectivity index (χ0n) is 12.6. The Labute approximate surface area is 143 Å². The lowest BCUT2D eigenvalue weighted by Gasteiger charge is -2.13. The third kappa shape index (κ3) is 4.08. The molecule has 1 amide bonds. The third-order valence-electron chi connectivity index (χ3n) is 3.26. The Morgan fingerprint density at radius 2 is 1.88 bits per heavy atom. The summed E-state index contributed by atoms with van der Waals surface area (Å²) >= 11 is 1.09. The molecule has 0 fully saturated rings. The van der Waals surface area contributed by atoms with E-state index in [9.17, 15) is 22.4 Å². The van der Waals surface area contributed by atoms with Crippen LogP contribution in [-0.4, -0.2) is 18.7 Å². The molecule has 25 heavy (non-hydrogen) atoms. The molecule has 0 aliphatic rings. The normalized spacial score (nSPS) is 11.5. The molecule has 0 aliphatic heterocycles. The molecule has 3 nitrogen and oxygen atoms in total. The van der Waals surface area contributed by atoms with Gasteiger partial charge in [-0.25, -0.2) is 4.39 Å². The van der Waals surface area contributed by atoms with Crippen molar-refractivity contribution in [2.24, 2.45) is 0 Å². The first-order chi connectivity index (χ1) is 11.8. The number of para-hydroxylation sites is 2. The van der Waals surface area contributed by atoms with Gasteiger partial charge in [0.1, 0.15) is 11.6 Å². The van der Waals surface area contributed by atoms with Crippen molar-refractivity contribution in [2.75, 3.05) is 11.9 Å². The smallest absolute Gasteiger partial charge is 0.422 e. The average molecular weight is 369 g/mol. The second-order valence-electron chi connectivity index (χ2n) is 5.12. The van der Waals surface area contributed by atoms with Crippen LogP contribution in [0.15, 0.2) is 48.5 Å². The van der Waals surface area contributed by atoms with Crippen LogP contribution in [0.3, 0.4) is 0 Å². The van der Waals surface area contributed by atoms with E-state index in [1.165, 1.54) is 36.4 Å². The minimum absolute atomic E-state index is 0.0968. The second kappa shape index (κ2) is 6.72. The first kappa shape index (κ1) is 17.2. The predicted octanol–water partition coefficient (Wildman–Crippen LogP) is 5.23. The van der Waals surface area contributed by atoms with Gasteiger partial charge in [0.25, 0.3) is 5.91 Å². The van der Waals surface area contributed by atoms with Gasteiger partial charge in [0.05, 0.1) is 10.6 Å². The molecule has 3 rings (SSSR count). The molecule has 3 aromatic rings. The first-order valence-electron chi connectivity index (χ1n) is 7.11. The Morgan fingerprint density at radius 3 is 2.60 bits per heavy atom. The molecule has 0 radical (unpaired) electrons. The SMILES string of the molecule is O=C(Nc1ccccc1OCC(F)(F)F)c1cc2c(F)cccc2s1. The van der Waals surface area contributed by atoms with Crippen LogP contribution in [0.4, 0.5) is 23.2 Å². The Morgan fingerprint density at radius 1 is 1.12 bits per heavy atom. The first-order valence-corrected chi connectivity index (χ1v) is 7.93. The standard InChI is InChI=1S/C17H11F4NO2S/c18-11-4-3-7-14-10(11)8-15(25-14)16(23)22-12-5-1-2-6-13(12)24-9-17(19,20)21/h1-8H,9H2,(H,22,23). The topological polar surface area (TPSA) is 38.3 Å². The molecule has 0 saturated carbocycles. The van der Waals surface area contributed by atoms with Crippen LogP contribution in [0.5, 0.6) is 5.75 Å². The molecular weight excluding hydrogens is 358 g/mol. The lowest BCUT2D eigenvalue weighted by atomic mass is 10.2. The summed E-state index contributed by atoms with van der Waals surface area (Å²) < 4.78 is 56.0. The molecule has 0 saturated heterocycles. The molecule has 8 heteroatoms. The van der Waals surface area contributed by atoms with Crippen molar-refractivity contribution in [2.45, 2.75) is 6.18 Å². The highest BCUT2D eigenvalue weighted by Gasteiger charge is 2.29. The number of halogens is 4. The van der Waals surface area contributed by atoms with Crippen molar-refractivity contribution < 1.29 is 27.1 Å². The third-order valence-corrected chi connectivity index (χ3v) is 4.36. The van der Waals surface area contributed by atoms with Gasteiger partial charge in [0.2, 0.25) is 0 Å². The van der Waals surface area contributed by atoms with Crippen molar-refractivity contribution in [3.63, 3.8) is 0 Å². The zero-order valence-corrected chi connectivity index (χ0v) is 13.4. The molecule has 0 spiro atoms. The van der Waals surface area contributed by atoms with Crippen molar-refractivity contribution in [1.29, 1.82) is 0 Å². The summed E-state index contributed by atoms with van der Waals surface area (Å²) in [6.07, 6.45) is -4.49. The van der Waals surface area contributed by atoms with E-state index in [1.54, 1.807) is 12.1 Å². The summed E-state index contributed by atoms with van der Waals surface area (Å²) in [5.74, 6) is -1.09. The second-order valence-corrected chi connectivity index (χ2v) is 6.20. The van der Waals surface area contributed by atoms with Gasteiger partial charge in [-0.1, -0.05) is 18.2 Å². The van der Waals surface area contributed by atoms with E-state index in [-0.39, 0.29) is 16.3 Å². The van der Waals surface area contributed by atoms with Gasteiger partial charge in [-0.3, -0.25) is 4.79 Å². The molecule has 2 aromatic carbocycles. The summed E-state index contributed by atoms with van der Waals surface area (Å²) in [6.45, 7) is -1.46. The number of ether oxygens (including phenoxy) is 1. The Hall–Kier alpha value is -2.61. The van der Waals surface area contributed by atoms with Gasteiger partial charge in [-0.2, -0.15) is 13.2 Å². The monoisotopic (exact) mass is 369 g/mol. The molecule has 1 N–H and O–H groups in total. The Balaban J connectivity index is 1.81. The van der Waals surface area contributed by atoms with E-state index < -0.39 is 24.5 Å². The average Bonchev–Trinajstić information content (AvgIpc) is 2.99. The van der Waals surface area contributed by atoms with Crippen molar-refractivity contribution in [1.82, 2.24) is 0 Å². The number of carbonyl (C=O) groups excluding carboxylic acids is 1. The molecule has 0 aliphatic carbocycles. The Bertz CT molecular complexity index is 920. The van der Waals surface area contributed by atoms with Gasteiger partial charge in [0, 0.05) is 10.1 Å². The molecule has 0 unspecified atom stereocenters. The van der Waals surface area contributed by atoms with Crippen LogP contribution in [0.1, 0.15) is 9.67 Å². The van der Waals surface area contributed by atoms with Crippen molar-refractivity contribution >= 4 is 33.0 Å². The zero-order chi connectivity index (χ0) is 18.0. The maximum Gasteiger partial charge on any atom is 0.422 e. The molecule has 1 aromatic heterocycles. The number of fused-ring (bicyclic) bond motifs is 1. The predicted molar refractivity (Wildman–Crippen MR) is 87.7 cm³/mol. The van der Waals surface area contributed by atoms with Gasteiger partial charge in [0.15, 0.2) is 6.61 Å². The summed E-state index contributed by atoms with van der Waals surface area (Å²) in [7, 11) is 0. The Kier molecular flexibility index (Phi) is 4.63. The summed E-state index contributed by atoms with van der Waals surface area (Å²) in [5.41, 5.74) is 0.106. The lowest BCUT2D eigenvalue weighted by molar-refractivity contribution is -0.153. The number of rotatable bonds is 4. The summed E-state index contributed by atoms with van der Waals surface area (Å²) in [4.78, 5) is 12.6. The molecular formula is C17H11F4NO2S. The fourth-order valence-electron chi connectivity index (χ4n) is 2.18. The number of anilines is 1. The lowest BCUT2D eigenvalue weighted by Crippen LogP contribution is -2.20. The van der Waals surface area contributed by atoms with E-state index in [0.29, 0.717) is 10.1 Å². The summed E-state index contributed by atoms with van der Waals surface area (Å²) in [5, 5.41) is 2.82. The number of nitrogens with one attached hydrogen (secondary N) is 1.